The lowest BCUT2D eigenvalue weighted by Crippen LogP contribution is -2.60. The van der Waals surface area contributed by atoms with Crippen molar-refractivity contribution < 1.29 is 44.3 Å². The number of hydrogen-bond donors (Lipinski definition) is 5. The number of aliphatic hydroxyl groups is 3. The van der Waals surface area contributed by atoms with Gasteiger partial charge in [-0.1, -0.05) is 25.5 Å². The lowest BCUT2D eigenvalue weighted by molar-refractivity contribution is -0.130. The third-order valence-corrected chi connectivity index (χ3v) is 11.4. The van der Waals surface area contributed by atoms with Gasteiger partial charge in [0.25, 0.3) is 5.91 Å². The number of benzene rings is 2. The van der Waals surface area contributed by atoms with Gasteiger partial charge in [-0.2, -0.15) is 0 Å². The largest absolute Gasteiger partial charge is 0.508 e. The summed E-state index contributed by atoms with van der Waals surface area (Å²) in [7, 11) is 2.84. The van der Waals surface area contributed by atoms with Crippen LogP contribution in [-0.4, -0.2) is 57.7 Å². The van der Waals surface area contributed by atoms with Crippen LogP contribution in [-0.2, 0) is 27.0 Å². The number of fused-ring (bicyclic) bond motifs is 4. The predicted octanol–water partition coefficient (Wildman–Crippen LogP) is 2.90. The molecule has 220 valence electrons. The molecule has 0 bridgehead atoms. The molecule has 0 aromatic heterocycles. The standard InChI is InChI=1S/C32H33NO9/c1-13-7-6-8-28(2,3)30(13)10-14-18-19(15(34)9-17(41-4)23(18)30)24(42-5)21-22(14)31(39)12-29(31)11-16(35)20(27(33)38)25(36)32(29,40)26(21)37/h7,9,34,36,39-40H,6,8,10-12H2,1-5H3,(H2,33,38)/t29-,30-,31?,32+/m0/s1. The minimum Gasteiger partial charge on any atom is -0.508 e. The molecule has 10 nitrogen and oxygen atoms in total. The van der Waals surface area contributed by atoms with Gasteiger partial charge in [0.2, 0.25) is 5.78 Å². The second-order valence-corrected chi connectivity index (χ2v) is 13.2. The third kappa shape index (κ3) is 2.47. The van der Waals surface area contributed by atoms with Crippen molar-refractivity contribution >= 4 is 28.2 Å². The number of allylic oxidation sites excluding steroid dienone is 2. The van der Waals surface area contributed by atoms with Gasteiger partial charge in [-0.05, 0) is 43.6 Å². The maximum absolute atomic E-state index is 14.5. The number of methoxy groups -OCH3 is 2. The maximum atomic E-state index is 14.5. The molecule has 0 heterocycles. The molecular formula is C32H33NO9. The molecule has 2 spiro atoms. The van der Waals surface area contributed by atoms with Gasteiger partial charge >= 0.3 is 0 Å². The van der Waals surface area contributed by atoms with E-state index in [1.54, 1.807) is 0 Å². The van der Waals surface area contributed by atoms with Crippen molar-refractivity contribution in [3.05, 3.63) is 51.3 Å². The molecule has 2 aromatic carbocycles. The summed E-state index contributed by atoms with van der Waals surface area (Å²) >= 11 is 0. The number of aromatic hydroxyl groups is 1. The fraction of sp³-hybridized carbons (Fsp3) is 0.469. The molecule has 1 fully saturated rings. The number of Topliss-reactive ketones (excluding diaryl/α,β-unsaturated/α-hetero) is 2. The molecule has 1 unspecified atom stereocenters. The SMILES string of the molecule is COc1cc(O)c2c(OC)c3c(c4c2c1[C@]1(C4)C(C)=CCCC1(C)C)C1(O)C[C@@]12CC(=O)C(C(N)=O)=C(O)[C@@]2(O)C3=O. The number of hydrogen-bond acceptors (Lipinski definition) is 9. The summed E-state index contributed by atoms with van der Waals surface area (Å²) in [5.74, 6) is -4.20. The van der Waals surface area contributed by atoms with Crippen molar-refractivity contribution in [1.82, 2.24) is 0 Å². The zero-order valence-corrected chi connectivity index (χ0v) is 24.1. The van der Waals surface area contributed by atoms with Crippen molar-refractivity contribution in [2.24, 2.45) is 16.6 Å². The molecule has 2 aromatic rings. The normalized spacial score (nSPS) is 33.7. The Morgan fingerprint density at radius 1 is 1.02 bits per heavy atom. The number of aliphatic hydroxyl groups excluding tert-OH is 1. The Morgan fingerprint density at radius 3 is 2.31 bits per heavy atom. The van der Waals surface area contributed by atoms with Crippen LogP contribution in [0.1, 0.15) is 73.5 Å². The molecule has 5 aliphatic rings. The van der Waals surface area contributed by atoms with Crippen LogP contribution in [0.4, 0.5) is 0 Å². The number of ketones is 2. The summed E-state index contributed by atoms with van der Waals surface area (Å²) in [6, 6.07) is 1.49. The fourth-order valence-corrected chi connectivity index (χ4v) is 9.31. The van der Waals surface area contributed by atoms with Crippen LogP contribution < -0.4 is 15.2 Å². The summed E-state index contributed by atoms with van der Waals surface area (Å²) < 4.78 is 11.7. The van der Waals surface area contributed by atoms with Gasteiger partial charge in [0.05, 0.1) is 30.6 Å². The summed E-state index contributed by atoms with van der Waals surface area (Å²) in [5, 5.41) is 47.9. The Morgan fingerprint density at radius 2 is 1.71 bits per heavy atom. The number of phenolic OH excluding ortho intramolecular Hbond substituents is 1. The highest BCUT2D eigenvalue weighted by Gasteiger charge is 2.86. The van der Waals surface area contributed by atoms with Crippen LogP contribution in [0, 0.1) is 10.8 Å². The zero-order valence-electron chi connectivity index (χ0n) is 24.1. The number of nitrogens with two attached hydrogens (primary N) is 1. The van der Waals surface area contributed by atoms with Crippen LogP contribution >= 0.6 is 0 Å². The van der Waals surface area contributed by atoms with E-state index in [2.05, 4.69) is 26.8 Å². The number of carbonyl (C=O) groups is 3. The number of primary amides is 1. The molecule has 0 saturated heterocycles. The summed E-state index contributed by atoms with van der Waals surface area (Å²) in [6.45, 7) is 6.39. The monoisotopic (exact) mass is 575 g/mol. The minimum atomic E-state index is -2.82. The van der Waals surface area contributed by atoms with Crippen LogP contribution in [0.3, 0.4) is 0 Å². The summed E-state index contributed by atoms with van der Waals surface area (Å²) in [4.78, 5) is 39.8. The van der Waals surface area contributed by atoms with E-state index < -0.39 is 57.3 Å². The molecule has 5 aliphatic carbocycles. The van der Waals surface area contributed by atoms with Crippen LogP contribution in [0.5, 0.6) is 17.2 Å². The van der Waals surface area contributed by atoms with Gasteiger partial charge < -0.3 is 35.6 Å². The molecule has 6 N–H and O–H groups in total. The molecule has 1 saturated carbocycles. The number of carbonyl (C=O) groups excluding carboxylic acids is 3. The first-order chi connectivity index (χ1) is 19.6. The number of ether oxygens (including phenoxy) is 2. The molecule has 42 heavy (non-hydrogen) atoms. The summed E-state index contributed by atoms with van der Waals surface area (Å²) in [6.07, 6.45) is 3.46. The van der Waals surface area contributed by atoms with Crippen LogP contribution in [0.25, 0.3) is 10.8 Å². The first kappa shape index (κ1) is 27.0. The van der Waals surface area contributed by atoms with Gasteiger partial charge in [0.1, 0.15) is 34.2 Å². The number of rotatable bonds is 3. The minimum absolute atomic E-state index is 0.0878. The van der Waals surface area contributed by atoms with E-state index in [1.165, 1.54) is 20.3 Å². The van der Waals surface area contributed by atoms with Crippen molar-refractivity contribution in [3.63, 3.8) is 0 Å². The van der Waals surface area contributed by atoms with Gasteiger partial charge in [-0.25, -0.2) is 0 Å². The van der Waals surface area contributed by atoms with E-state index in [9.17, 15) is 34.8 Å². The van der Waals surface area contributed by atoms with E-state index in [4.69, 9.17) is 15.2 Å². The van der Waals surface area contributed by atoms with E-state index >= 15 is 0 Å². The lowest BCUT2D eigenvalue weighted by Gasteiger charge is -2.49. The molecule has 10 heteroatoms. The molecule has 1 amide bonds. The van der Waals surface area contributed by atoms with Crippen LogP contribution in [0.2, 0.25) is 0 Å². The maximum Gasteiger partial charge on any atom is 0.255 e. The van der Waals surface area contributed by atoms with E-state index in [0.29, 0.717) is 23.1 Å². The number of phenols is 1. The van der Waals surface area contributed by atoms with Crippen molar-refractivity contribution in [3.8, 4) is 17.2 Å². The highest BCUT2D eigenvalue weighted by molar-refractivity contribution is 6.25. The van der Waals surface area contributed by atoms with E-state index in [0.717, 1.165) is 24.0 Å². The van der Waals surface area contributed by atoms with Gasteiger partial charge in [-0.15, -0.1) is 0 Å². The molecular weight excluding hydrogens is 542 g/mol. The van der Waals surface area contributed by atoms with E-state index in [1.807, 2.05) is 0 Å². The Bertz CT molecular complexity index is 1800. The Balaban J connectivity index is 1.67. The molecule has 0 aliphatic heterocycles. The second-order valence-electron chi connectivity index (χ2n) is 13.2. The zero-order chi connectivity index (χ0) is 30.5. The predicted molar refractivity (Wildman–Crippen MR) is 150 cm³/mol. The van der Waals surface area contributed by atoms with Gasteiger partial charge in [0, 0.05) is 34.4 Å². The van der Waals surface area contributed by atoms with Crippen molar-refractivity contribution in [2.75, 3.05) is 14.2 Å². The number of amides is 1. The van der Waals surface area contributed by atoms with Gasteiger partial charge in [0.15, 0.2) is 11.4 Å². The first-order valence-electron chi connectivity index (χ1n) is 14.0. The molecule has 7 rings (SSSR count). The smallest absolute Gasteiger partial charge is 0.255 e. The van der Waals surface area contributed by atoms with E-state index in [-0.39, 0.29) is 39.8 Å². The second kappa shape index (κ2) is 7.54. The Kier molecular flexibility index (Phi) is 4.84. The summed E-state index contributed by atoms with van der Waals surface area (Å²) in [5.41, 5.74) is -0.512. The Hall–Kier alpha value is -3.89. The molecule has 0 radical (unpaired) electrons. The molecule has 4 atom stereocenters. The average molecular weight is 576 g/mol. The highest BCUT2D eigenvalue weighted by Crippen LogP contribution is 2.78. The third-order valence-electron chi connectivity index (χ3n) is 11.4. The average Bonchev–Trinajstić information content (AvgIpc) is 3.36. The topological polar surface area (TPSA) is 177 Å². The highest BCUT2D eigenvalue weighted by atomic mass is 16.5. The Labute approximate surface area is 241 Å². The van der Waals surface area contributed by atoms with Gasteiger partial charge in [-0.3, -0.25) is 14.4 Å². The van der Waals surface area contributed by atoms with Crippen LogP contribution in [0.15, 0.2) is 29.0 Å². The van der Waals surface area contributed by atoms with Crippen molar-refractivity contribution in [1.29, 1.82) is 0 Å². The fourth-order valence-electron chi connectivity index (χ4n) is 9.31. The lowest BCUT2D eigenvalue weighted by atomic mass is 9.54. The first-order valence-corrected chi connectivity index (χ1v) is 14.0. The quantitative estimate of drug-likeness (QED) is 0.272. The van der Waals surface area contributed by atoms with Crippen molar-refractivity contribution in [2.45, 2.75) is 69.5 Å².